The maximum absolute atomic E-state index is 12.5. The van der Waals surface area contributed by atoms with Crippen molar-refractivity contribution in [2.24, 2.45) is 0 Å². The van der Waals surface area contributed by atoms with Gasteiger partial charge in [0, 0.05) is 5.02 Å². The zero-order valence-corrected chi connectivity index (χ0v) is 16.4. The minimum Gasteiger partial charge on any atom is -0.481 e. The summed E-state index contributed by atoms with van der Waals surface area (Å²) in [6.07, 6.45) is -0.353. The van der Waals surface area contributed by atoms with E-state index < -0.39 is 26.8 Å². The zero-order valence-electron chi connectivity index (χ0n) is 14.9. The molecule has 2 aromatic carbocycles. The molecule has 1 atom stereocenters. The van der Waals surface area contributed by atoms with E-state index in [9.17, 15) is 18.3 Å². The molecule has 0 aliphatic rings. The Morgan fingerprint density at radius 1 is 1.12 bits per heavy atom. The molecule has 2 N–H and O–H groups in total. The quantitative estimate of drug-likeness (QED) is 0.766. The highest BCUT2D eigenvalue weighted by Crippen LogP contribution is 2.28. The Labute approximate surface area is 159 Å². The summed E-state index contributed by atoms with van der Waals surface area (Å²) in [5.74, 6) is -1.08. The Balaban J connectivity index is 2.43. The van der Waals surface area contributed by atoms with Gasteiger partial charge in [0.25, 0.3) is 0 Å². The number of hydrogen-bond donors (Lipinski definition) is 2. The van der Waals surface area contributed by atoms with E-state index in [-0.39, 0.29) is 6.42 Å². The topological polar surface area (TPSA) is 83.5 Å². The molecule has 140 valence electrons. The van der Waals surface area contributed by atoms with E-state index in [0.717, 1.165) is 11.1 Å². The van der Waals surface area contributed by atoms with Crippen LogP contribution in [0.5, 0.6) is 0 Å². The molecular formula is C19H22ClNO4S. The predicted octanol–water partition coefficient (Wildman–Crippen LogP) is 4.24. The highest BCUT2D eigenvalue weighted by molar-refractivity contribution is 7.90. The molecule has 0 unspecified atom stereocenters. The lowest BCUT2D eigenvalue weighted by atomic mass is 9.98. The van der Waals surface area contributed by atoms with Gasteiger partial charge in [0.05, 0.1) is 17.2 Å². The van der Waals surface area contributed by atoms with Crippen molar-refractivity contribution in [2.45, 2.75) is 38.0 Å². The molecule has 0 heterocycles. The molecule has 0 saturated heterocycles. The third-order valence-corrected chi connectivity index (χ3v) is 6.37. The number of aliphatic carboxylic acids is 1. The summed E-state index contributed by atoms with van der Waals surface area (Å²) in [6.45, 7) is 4.70. The van der Waals surface area contributed by atoms with E-state index >= 15 is 0 Å². The Kier molecular flexibility index (Phi) is 6.11. The van der Waals surface area contributed by atoms with Crippen molar-refractivity contribution in [1.29, 1.82) is 0 Å². The molecule has 0 radical (unpaired) electrons. The van der Waals surface area contributed by atoms with Crippen LogP contribution in [-0.2, 0) is 14.8 Å². The van der Waals surface area contributed by atoms with Crippen LogP contribution in [0.15, 0.2) is 48.5 Å². The molecule has 0 aromatic heterocycles. The molecule has 0 bridgehead atoms. The van der Waals surface area contributed by atoms with Gasteiger partial charge in [-0.25, -0.2) is 13.1 Å². The largest absolute Gasteiger partial charge is 0.481 e. The maximum atomic E-state index is 12.5. The van der Waals surface area contributed by atoms with E-state index in [0.29, 0.717) is 10.6 Å². The first-order valence-corrected chi connectivity index (χ1v) is 9.95. The van der Waals surface area contributed by atoms with Crippen molar-refractivity contribution < 1.29 is 18.3 Å². The van der Waals surface area contributed by atoms with Crippen LogP contribution in [-0.4, -0.2) is 24.2 Å². The lowest BCUT2D eigenvalue weighted by Gasteiger charge is -2.25. The first-order chi connectivity index (χ1) is 12.0. The molecule has 0 spiro atoms. The van der Waals surface area contributed by atoms with Crippen molar-refractivity contribution in [3.8, 4) is 11.1 Å². The van der Waals surface area contributed by atoms with Gasteiger partial charge in [0.2, 0.25) is 10.0 Å². The van der Waals surface area contributed by atoms with Gasteiger partial charge in [-0.2, -0.15) is 0 Å². The molecule has 0 amide bonds. The van der Waals surface area contributed by atoms with Crippen LogP contribution in [0, 0.1) is 0 Å². The van der Waals surface area contributed by atoms with Gasteiger partial charge in [-0.1, -0.05) is 41.9 Å². The van der Waals surface area contributed by atoms with Gasteiger partial charge in [0.1, 0.15) is 0 Å². The molecule has 0 saturated carbocycles. The number of carbonyl (C=O) groups is 1. The fourth-order valence-electron chi connectivity index (χ4n) is 2.37. The third-order valence-electron chi connectivity index (χ3n) is 3.93. The van der Waals surface area contributed by atoms with Crippen molar-refractivity contribution in [3.63, 3.8) is 0 Å². The van der Waals surface area contributed by atoms with Gasteiger partial charge >= 0.3 is 5.97 Å². The molecule has 0 fully saturated rings. The normalized spacial score (nSPS) is 13.4. The number of carboxylic acids is 1. The Morgan fingerprint density at radius 2 is 1.69 bits per heavy atom. The summed E-state index contributed by atoms with van der Waals surface area (Å²) in [7, 11) is -3.71. The number of nitrogens with one attached hydrogen (secondary N) is 1. The van der Waals surface area contributed by atoms with Crippen LogP contribution in [0.1, 0.15) is 38.8 Å². The zero-order chi connectivity index (χ0) is 19.5. The van der Waals surface area contributed by atoms with Crippen LogP contribution in [0.2, 0.25) is 5.02 Å². The Bertz CT molecular complexity index is 904. The van der Waals surface area contributed by atoms with Gasteiger partial charge < -0.3 is 5.11 Å². The van der Waals surface area contributed by atoms with Gasteiger partial charge in [-0.05, 0) is 55.7 Å². The van der Waals surface area contributed by atoms with Crippen molar-refractivity contribution in [1.82, 2.24) is 4.72 Å². The van der Waals surface area contributed by atoms with Crippen molar-refractivity contribution in [2.75, 3.05) is 0 Å². The molecule has 2 aromatic rings. The van der Waals surface area contributed by atoms with E-state index in [1.807, 2.05) is 18.2 Å². The van der Waals surface area contributed by atoms with E-state index in [2.05, 4.69) is 4.72 Å². The third kappa shape index (κ3) is 5.06. The summed E-state index contributed by atoms with van der Waals surface area (Å²) >= 11 is 6.03. The molecule has 0 aliphatic carbocycles. The van der Waals surface area contributed by atoms with Crippen molar-refractivity contribution in [3.05, 3.63) is 59.1 Å². The van der Waals surface area contributed by atoms with E-state index in [1.165, 1.54) is 0 Å². The Morgan fingerprint density at radius 3 is 2.23 bits per heavy atom. The second-order valence-corrected chi connectivity index (χ2v) is 9.92. The monoisotopic (exact) mass is 395 g/mol. The summed E-state index contributed by atoms with van der Waals surface area (Å²) in [5, 5.41) is 9.80. The summed E-state index contributed by atoms with van der Waals surface area (Å²) < 4.78 is 26.5. The van der Waals surface area contributed by atoms with Gasteiger partial charge in [0.15, 0.2) is 0 Å². The van der Waals surface area contributed by atoms with Crippen LogP contribution >= 0.6 is 11.6 Å². The van der Waals surface area contributed by atoms with Gasteiger partial charge in [-0.3, -0.25) is 4.79 Å². The average Bonchev–Trinajstić information content (AvgIpc) is 2.52. The van der Waals surface area contributed by atoms with Crippen LogP contribution in [0.3, 0.4) is 0 Å². The Hall–Kier alpha value is -1.89. The lowest BCUT2D eigenvalue weighted by Crippen LogP contribution is -2.41. The number of sulfonamides is 1. The summed E-state index contributed by atoms with van der Waals surface area (Å²) in [5.41, 5.74) is 2.28. The smallest absolute Gasteiger partial charge is 0.305 e. The number of benzene rings is 2. The molecular weight excluding hydrogens is 374 g/mol. The van der Waals surface area contributed by atoms with Crippen molar-refractivity contribution >= 4 is 27.6 Å². The minimum absolute atomic E-state index is 0.353. The number of carboxylic acid groups (broad SMARTS) is 1. The second-order valence-electron chi connectivity index (χ2n) is 7.02. The molecule has 2 rings (SSSR count). The predicted molar refractivity (Wildman–Crippen MR) is 104 cm³/mol. The van der Waals surface area contributed by atoms with E-state index in [1.54, 1.807) is 51.1 Å². The molecule has 5 nitrogen and oxygen atoms in total. The fourth-order valence-corrected chi connectivity index (χ4v) is 3.51. The van der Waals surface area contributed by atoms with Crippen LogP contribution < -0.4 is 4.72 Å². The fraction of sp³-hybridized carbons (Fsp3) is 0.316. The highest BCUT2D eigenvalue weighted by atomic mass is 35.5. The first kappa shape index (κ1) is 20.4. The average molecular weight is 396 g/mol. The molecule has 26 heavy (non-hydrogen) atoms. The first-order valence-electron chi connectivity index (χ1n) is 8.09. The van der Waals surface area contributed by atoms with Crippen LogP contribution in [0.25, 0.3) is 11.1 Å². The minimum atomic E-state index is -3.71. The second kappa shape index (κ2) is 7.78. The highest BCUT2D eigenvalue weighted by Gasteiger charge is 2.32. The number of halogens is 1. The summed E-state index contributed by atoms with van der Waals surface area (Å²) in [6, 6.07) is 13.5. The lowest BCUT2D eigenvalue weighted by molar-refractivity contribution is -0.137. The molecule has 7 heteroatoms. The molecule has 0 aliphatic heterocycles. The maximum Gasteiger partial charge on any atom is 0.305 e. The number of hydrogen-bond acceptors (Lipinski definition) is 3. The van der Waals surface area contributed by atoms with Crippen LogP contribution in [0.4, 0.5) is 0 Å². The summed E-state index contributed by atoms with van der Waals surface area (Å²) in [4.78, 5) is 11.3. The number of rotatable bonds is 6. The van der Waals surface area contributed by atoms with Gasteiger partial charge in [-0.15, -0.1) is 0 Å². The standard InChI is InChI=1S/C19H22ClNO4S/c1-19(2,3)26(24,25)21-17(12-18(22)23)15-8-4-6-13(10-15)14-7-5-9-16(20)11-14/h4-11,17,21H,12H2,1-3H3,(H,22,23)/t17-/m1/s1. The SMILES string of the molecule is CC(C)(C)S(=O)(=O)N[C@H](CC(=O)O)c1cccc(-c2cccc(Cl)c2)c1. The van der Waals surface area contributed by atoms with E-state index in [4.69, 9.17) is 11.6 Å².